The fraction of sp³-hybridized carbons (Fsp3) is 0.348. The van der Waals surface area contributed by atoms with Crippen molar-refractivity contribution in [3.05, 3.63) is 71.6 Å². The second-order valence-electron chi connectivity index (χ2n) is 7.84. The van der Waals surface area contributed by atoms with Gasteiger partial charge in [-0.25, -0.2) is 0 Å². The third kappa shape index (κ3) is 5.53. The standard InChI is InChI=1S/C23H23F3N4O2/c24-23(25,26)19-8-4-7-18(13-19)21-28-20(32-29-21)15-30-11-9-17(10-12-30)22(31)27-14-16-5-2-1-3-6-16/h1-8,13,17H,9-12,14-15H2,(H,27,31). The normalized spacial score (nSPS) is 15.6. The van der Waals surface area contributed by atoms with Gasteiger partial charge in [-0.3, -0.25) is 9.69 Å². The fourth-order valence-electron chi connectivity index (χ4n) is 3.74. The van der Waals surface area contributed by atoms with Crippen LogP contribution in [0.3, 0.4) is 0 Å². The first-order chi connectivity index (χ1) is 15.4. The summed E-state index contributed by atoms with van der Waals surface area (Å²) in [5.74, 6) is 0.474. The first kappa shape index (κ1) is 22.0. The van der Waals surface area contributed by atoms with Crippen molar-refractivity contribution in [3.8, 4) is 11.4 Å². The van der Waals surface area contributed by atoms with Crippen molar-refractivity contribution in [3.63, 3.8) is 0 Å². The highest BCUT2D eigenvalue weighted by Crippen LogP contribution is 2.31. The van der Waals surface area contributed by atoms with Crippen molar-refractivity contribution in [1.29, 1.82) is 0 Å². The molecule has 0 spiro atoms. The molecule has 1 fully saturated rings. The number of carbonyl (C=O) groups is 1. The van der Waals surface area contributed by atoms with Gasteiger partial charge < -0.3 is 9.84 Å². The molecular weight excluding hydrogens is 421 g/mol. The Morgan fingerprint density at radius 3 is 2.56 bits per heavy atom. The molecule has 2 aromatic carbocycles. The molecule has 0 saturated carbocycles. The van der Waals surface area contributed by atoms with Crippen LogP contribution in [0.1, 0.15) is 29.9 Å². The van der Waals surface area contributed by atoms with E-state index in [9.17, 15) is 18.0 Å². The van der Waals surface area contributed by atoms with E-state index < -0.39 is 11.7 Å². The molecular formula is C23H23F3N4O2. The molecule has 1 N–H and O–H groups in total. The first-order valence-electron chi connectivity index (χ1n) is 10.4. The Morgan fingerprint density at radius 2 is 1.84 bits per heavy atom. The quantitative estimate of drug-likeness (QED) is 0.615. The molecule has 0 atom stereocenters. The Balaban J connectivity index is 1.28. The van der Waals surface area contributed by atoms with Crippen LogP contribution in [0.25, 0.3) is 11.4 Å². The third-order valence-corrected chi connectivity index (χ3v) is 5.54. The molecule has 6 nitrogen and oxygen atoms in total. The number of carbonyl (C=O) groups excluding carboxylic acids is 1. The minimum absolute atomic E-state index is 0.0432. The number of alkyl halides is 3. The third-order valence-electron chi connectivity index (χ3n) is 5.54. The second-order valence-corrected chi connectivity index (χ2v) is 7.84. The lowest BCUT2D eigenvalue weighted by atomic mass is 9.96. The average Bonchev–Trinajstić information content (AvgIpc) is 3.27. The molecule has 32 heavy (non-hydrogen) atoms. The van der Waals surface area contributed by atoms with E-state index in [0.717, 1.165) is 30.5 Å². The molecule has 0 radical (unpaired) electrons. The van der Waals surface area contributed by atoms with Crippen LogP contribution in [0.5, 0.6) is 0 Å². The van der Waals surface area contributed by atoms with Crippen LogP contribution >= 0.6 is 0 Å². The topological polar surface area (TPSA) is 71.3 Å². The Morgan fingerprint density at radius 1 is 1.09 bits per heavy atom. The summed E-state index contributed by atoms with van der Waals surface area (Å²) in [5.41, 5.74) is 0.559. The van der Waals surface area contributed by atoms with Crippen LogP contribution in [-0.2, 0) is 24.1 Å². The number of aromatic nitrogens is 2. The van der Waals surface area contributed by atoms with E-state index >= 15 is 0 Å². The van der Waals surface area contributed by atoms with Gasteiger partial charge in [0.15, 0.2) is 0 Å². The Kier molecular flexibility index (Phi) is 6.55. The number of benzene rings is 2. The fourth-order valence-corrected chi connectivity index (χ4v) is 3.74. The van der Waals surface area contributed by atoms with E-state index in [0.29, 0.717) is 32.1 Å². The maximum Gasteiger partial charge on any atom is 0.416 e. The summed E-state index contributed by atoms with van der Waals surface area (Å²) in [7, 11) is 0. The molecule has 1 aliphatic heterocycles. The molecule has 168 valence electrons. The molecule has 3 aromatic rings. The number of rotatable bonds is 6. The highest BCUT2D eigenvalue weighted by Gasteiger charge is 2.31. The van der Waals surface area contributed by atoms with E-state index in [4.69, 9.17) is 4.52 Å². The molecule has 1 saturated heterocycles. The van der Waals surface area contributed by atoms with Crippen LogP contribution < -0.4 is 5.32 Å². The van der Waals surface area contributed by atoms with E-state index in [-0.39, 0.29) is 23.2 Å². The lowest BCUT2D eigenvalue weighted by Crippen LogP contribution is -2.40. The van der Waals surface area contributed by atoms with Crippen molar-refractivity contribution < 1.29 is 22.5 Å². The number of hydrogen-bond acceptors (Lipinski definition) is 5. The summed E-state index contributed by atoms with van der Waals surface area (Å²) in [6, 6.07) is 14.6. The van der Waals surface area contributed by atoms with Crippen molar-refractivity contribution in [1.82, 2.24) is 20.4 Å². The van der Waals surface area contributed by atoms with Gasteiger partial charge in [0, 0.05) is 18.0 Å². The van der Waals surface area contributed by atoms with Crippen LogP contribution in [-0.4, -0.2) is 34.0 Å². The Labute approximate surface area is 183 Å². The van der Waals surface area contributed by atoms with Crippen molar-refractivity contribution in [2.75, 3.05) is 13.1 Å². The van der Waals surface area contributed by atoms with Crippen molar-refractivity contribution in [2.24, 2.45) is 5.92 Å². The highest BCUT2D eigenvalue weighted by atomic mass is 19.4. The minimum Gasteiger partial charge on any atom is -0.352 e. The number of hydrogen-bond donors (Lipinski definition) is 1. The predicted molar refractivity (Wildman–Crippen MR) is 111 cm³/mol. The lowest BCUT2D eigenvalue weighted by molar-refractivity contribution is -0.137. The molecule has 1 aliphatic rings. The molecule has 9 heteroatoms. The van der Waals surface area contributed by atoms with E-state index in [1.54, 1.807) is 0 Å². The largest absolute Gasteiger partial charge is 0.416 e. The average molecular weight is 444 g/mol. The van der Waals surface area contributed by atoms with E-state index in [2.05, 4.69) is 20.4 Å². The zero-order chi connectivity index (χ0) is 22.6. The summed E-state index contributed by atoms with van der Waals surface area (Å²) in [5, 5.41) is 6.82. The highest BCUT2D eigenvalue weighted by molar-refractivity contribution is 5.78. The maximum absolute atomic E-state index is 12.9. The van der Waals surface area contributed by atoms with Gasteiger partial charge in [-0.1, -0.05) is 47.6 Å². The Bertz CT molecular complexity index is 1040. The lowest BCUT2D eigenvalue weighted by Gasteiger charge is -2.30. The van der Waals surface area contributed by atoms with Gasteiger partial charge in [0.05, 0.1) is 12.1 Å². The summed E-state index contributed by atoms with van der Waals surface area (Å²) in [4.78, 5) is 18.8. The molecule has 0 unspecified atom stereocenters. The number of piperidine rings is 1. The van der Waals surface area contributed by atoms with E-state index in [1.165, 1.54) is 12.1 Å². The van der Waals surface area contributed by atoms with Crippen molar-refractivity contribution >= 4 is 5.91 Å². The molecule has 1 amide bonds. The second kappa shape index (κ2) is 9.52. The maximum atomic E-state index is 12.9. The van der Waals surface area contributed by atoms with Gasteiger partial charge in [-0.05, 0) is 43.6 Å². The number of nitrogens with one attached hydrogen (secondary N) is 1. The summed E-state index contributed by atoms with van der Waals surface area (Å²) in [6.45, 7) is 2.31. The summed E-state index contributed by atoms with van der Waals surface area (Å²) < 4.78 is 44.0. The van der Waals surface area contributed by atoms with Gasteiger partial charge in [-0.2, -0.15) is 18.2 Å². The number of likely N-dealkylation sites (tertiary alicyclic amines) is 1. The first-order valence-corrected chi connectivity index (χ1v) is 10.4. The van der Waals surface area contributed by atoms with E-state index in [1.807, 2.05) is 30.3 Å². The van der Waals surface area contributed by atoms with Crippen LogP contribution in [0.2, 0.25) is 0 Å². The van der Waals surface area contributed by atoms with Crippen LogP contribution in [0.15, 0.2) is 59.1 Å². The van der Waals surface area contributed by atoms with Gasteiger partial charge in [0.2, 0.25) is 17.6 Å². The zero-order valence-corrected chi connectivity index (χ0v) is 17.3. The predicted octanol–water partition coefficient (Wildman–Crippen LogP) is 4.28. The Hall–Kier alpha value is -3.20. The smallest absolute Gasteiger partial charge is 0.352 e. The van der Waals surface area contributed by atoms with Crippen LogP contribution in [0.4, 0.5) is 13.2 Å². The minimum atomic E-state index is -4.43. The SMILES string of the molecule is O=C(NCc1ccccc1)C1CCN(Cc2nc(-c3cccc(C(F)(F)F)c3)no2)CC1. The number of nitrogens with zero attached hydrogens (tertiary/aromatic N) is 3. The zero-order valence-electron chi connectivity index (χ0n) is 17.3. The van der Waals surface area contributed by atoms with Gasteiger partial charge in [0.1, 0.15) is 0 Å². The molecule has 0 aliphatic carbocycles. The number of halogens is 3. The summed E-state index contributed by atoms with van der Waals surface area (Å²) in [6.07, 6.45) is -3.00. The molecule has 1 aromatic heterocycles. The monoisotopic (exact) mass is 444 g/mol. The van der Waals surface area contributed by atoms with Gasteiger partial charge >= 0.3 is 6.18 Å². The van der Waals surface area contributed by atoms with Crippen molar-refractivity contribution in [2.45, 2.75) is 32.1 Å². The van der Waals surface area contributed by atoms with Crippen LogP contribution in [0, 0.1) is 5.92 Å². The van der Waals surface area contributed by atoms with Gasteiger partial charge in [0.25, 0.3) is 0 Å². The molecule has 4 rings (SSSR count). The summed E-state index contributed by atoms with van der Waals surface area (Å²) >= 11 is 0. The molecule has 2 heterocycles. The van der Waals surface area contributed by atoms with Gasteiger partial charge in [-0.15, -0.1) is 0 Å². The molecule has 0 bridgehead atoms. The number of amides is 1.